The van der Waals surface area contributed by atoms with Crippen LogP contribution in [0, 0.1) is 0 Å². The van der Waals surface area contributed by atoms with Crippen molar-refractivity contribution in [3.63, 3.8) is 0 Å². The Bertz CT molecular complexity index is 850. The lowest BCUT2D eigenvalue weighted by Gasteiger charge is -2.18. The Labute approximate surface area is 122 Å². The van der Waals surface area contributed by atoms with Crippen LogP contribution in [-0.4, -0.2) is 17.4 Å². The molecule has 4 heteroatoms. The number of H-pyrrole nitrogens is 1. The van der Waals surface area contributed by atoms with E-state index < -0.39 is 0 Å². The Morgan fingerprint density at radius 1 is 1.14 bits per heavy atom. The van der Waals surface area contributed by atoms with Crippen LogP contribution in [0.3, 0.4) is 0 Å². The minimum absolute atomic E-state index is 0.00380. The van der Waals surface area contributed by atoms with E-state index in [0.29, 0.717) is 17.8 Å². The standard InChI is InChI=1S/C17H15N3O/c18-14-6-3-4-11-8-9-20(16(11)14)17(21)13-10-19-15-7-2-1-5-12(13)15/h1-7,10,19H,8-9,18H2. The van der Waals surface area contributed by atoms with Crippen molar-refractivity contribution in [1.29, 1.82) is 0 Å². The molecule has 21 heavy (non-hydrogen) atoms. The summed E-state index contributed by atoms with van der Waals surface area (Å²) >= 11 is 0. The zero-order valence-corrected chi connectivity index (χ0v) is 11.5. The summed E-state index contributed by atoms with van der Waals surface area (Å²) in [4.78, 5) is 17.8. The molecule has 0 spiro atoms. The molecule has 0 atom stereocenters. The van der Waals surface area contributed by atoms with Gasteiger partial charge in [-0.3, -0.25) is 4.79 Å². The molecular formula is C17H15N3O. The number of anilines is 2. The minimum Gasteiger partial charge on any atom is -0.397 e. The van der Waals surface area contributed by atoms with Gasteiger partial charge in [0.25, 0.3) is 5.91 Å². The maximum Gasteiger partial charge on any atom is 0.260 e. The third kappa shape index (κ3) is 1.72. The molecule has 4 nitrogen and oxygen atoms in total. The molecule has 1 aliphatic rings. The lowest BCUT2D eigenvalue weighted by atomic mass is 10.1. The number of benzene rings is 2. The second-order valence-electron chi connectivity index (χ2n) is 5.31. The number of nitrogens with zero attached hydrogens (tertiary/aromatic N) is 1. The van der Waals surface area contributed by atoms with Crippen LogP contribution in [0.15, 0.2) is 48.7 Å². The number of aromatic amines is 1. The molecule has 0 fully saturated rings. The summed E-state index contributed by atoms with van der Waals surface area (Å²) in [5.41, 5.74) is 10.4. The fraction of sp³-hybridized carbons (Fsp3) is 0.118. The fourth-order valence-corrected chi connectivity index (χ4v) is 3.08. The topological polar surface area (TPSA) is 62.1 Å². The van der Waals surface area contributed by atoms with Crippen LogP contribution in [0.5, 0.6) is 0 Å². The average Bonchev–Trinajstić information content (AvgIpc) is 3.11. The number of nitrogens with one attached hydrogen (secondary N) is 1. The first-order valence-electron chi connectivity index (χ1n) is 7.01. The van der Waals surface area contributed by atoms with Crippen molar-refractivity contribution >= 4 is 28.2 Å². The minimum atomic E-state index is 0.00380. The summed E-state index contributed by atoms with van der Waals surface area (Å²) in [7, 11) is 0. The van der Waals surface area contributed by atoms with E-state index in [4.69, 9.17) is 5.73 Å². The molecule has 104 valence electrons. The van der Waals surface area contributed by atoms with Gasteiger partial charge >= 0.3 is 0 Å². The maximum atomic E-state index is 12.9. The van der Waals surface area contributed by atoms with Crippen molar-refractivity contribution in [3.8, 4) is 0 Å². The van der Waals surface area contributed by atoms with Gasteiger partial charge in [-0.1, -0.05) is 30.3 Å². The molecule has 0 aliphatic carbocycles. The van der Waals surface area contributed by atoms with E-state index in [1.54, 1.807) is 11.1 Å². The van der Waals surface area contributed by atoms with E-state index in [1.165, 1.54) is 0 Å². The zero-order valence-electron chi connectivity index (χ0n) is 11.5. The Morgan fingerprint density at radius 2 is 2.00 bits per heavy atom. The van der Waals surface area contributed by atoms with Crippen LogP contribution in [0.2, 0.25) is 0 Å². The van der Waals surface area contributed by atoms with E-state index >= 15 is 0 Å². The highest BCUT2D eigenvalue weighted by molar-refractivity contribution is 6.15. The summed E-state index contributed by atoms with van der Waals surface area (Å²) in [6.07, 6.45) is 2.64. The van der Waals surface area contributed by atoms with Crippen LogP contribution in [0.4, 0.5) is 11.4 Å². The largest absolute Gasteiger partial charge is 0.397 e. The van der Waals surface area contributed by atoms with Crippen molar-refractivity contribution in [1.82, 2.24) is 4.98 Å². The van der Waals surface area contributed by atoms with Gasteiger partial charge < -0.3 is 15.6 Å². The van der Waals surface area contributed by atoms with Crippen molar-refractivity contribution in [2.75, 3.05) is 17.2 Å². The summed E-state index contributed by atoms with van der Waals surface area (Å²) in [5.74, 6) is 0.00380. The zero-order chi connectivity index (χ0) is 14.4. The van der Waals surface area contributed by atoms with Crippen LogP contribution >= 0.6 is 0 Å². The van der Waals surface area contributed by atoms with E-state index in [0.717, 1.165) is 28.6 Å². The highest BCUT2D eigenvalue weighted by atomic mass is 16.2. The Balaban J connectivity index is 1.81. The third-order valence-electron chi connectivity index (χ3n) is 4.09. The van der Waals surface area contributed by atoms with Gasteiger partial charge in [0.2, 0.25) is 0 Å². The third-order valence-corrected chi connectivity index (χ3v) is 4.09. The van der Waals surface area contributed by atoms with Crippen LogP contribution in [0.25, 0.3) is 10.9 Å². The summed E-state index contributed by atoms with van der Waals surface area (Å²) in [6, 6.07) is 13.7. The maximum absolute atomic E-state index is 12.9. The summed E-state index contributed by atoms with van der Waals surface area (Å²) < 4.78 is 0. The van der Waals surface area contributed by atoms with Gasteiger partial charge in [0, 0.05) is 23.6 Å². The number of hydrogen-bond donors (Lipinski definition) is 2. The smallest absolute Gasteiger partial charge is 0.260 e. The number of hydrogen-bond acceptors (Lipinski definition) is 2. The monoisotopic (exact) mass is 277 g/mol. The number of carbonyl (C=O) groups is 1. The molecule has 0 bridgehead atoms. The second kappa shape index (κ2) is 4.38. The Hall–Kier alpha value is -2.75. The molecule has 0 unspecified atom stereocenters. The number of para-hydroxylation sites is 2. The number of carbonyl (C=O) groups excluding carboxylic acids is 1. The second-order valence-corrected chi connectivity index (χ2v) is 5.31. The normalized spacial score (nSPS) is 13.6. The van der Waals surface area contributed by atoms with Gasteiger partial charge in [-0.25, -0.2) is 0 Å². The molecular weight excluding hydrogens is 262 g/mol. The van der Waals surface area contributed by atoms with Crippen molar-refractivity contribution < 1.29 is 4.79 Å². The SMILES string of the molecule is Nc1cccc2c1N(C(=O)c1c[nH]c3ccccc13)CC2. The molecule has 0 saturated heterocycles. The predicted octanol–water partition coefficient (Wildman–Crippen LogP) is 2.95. The number of nitrogens with two attached hydrogens (primary N) is 1. The fourth-order valence-electron chi connectivity index (χ4n) is 3.08. The predicted molar refractivity (Wildman–Crippen MR) is 84.5 cm³/mol. The Morgan fingerprint density at radius 3 is 2.90 bits per heavy atom. The molecule has 3 aromatic rings. The number of rotatable bonds is 1. The molecule has 1 aliphatic heterocycles. The van der Waals surface area contributed by atoms with E-state index in [9.17, 15) is 4.79 Å². The van der Waals surface area contributed by atoms with Gasteiger partial charge in [-0.2, -0.15) is 0 Å². The van der Waals surface area contributed by atoms with Crippen molar-refractivity contribution in [3.05, 3.63) is 59.8 Å². The molecule has 0 radical (unpaired) electrons. The van der Waals surface area contributed by atoms with Gasteiger partial charge in [0.15, 0.2) is 0 Å². The number of fused-ring (bicyclic) bond motifs is 2. The number of nitrogen functional groups attached to an aromatic ring is 1. The first kappa shape index (κ1) is 12.0. The van der Waals surface area contributed by atoms with Crippen LogP contribution in [-0.2, 0) is 6.42 Å². The van der Waals surface area contributed by atoms with E-state index in [2.05, 4.69) is 4.98 Å². The highest BCUT2D eigenvalue weighted by Crippen LogP contribution is 2.35. The average molecular weight is 277 g/mol. The van der Waals surface area contributed by atoms with Crippen molar-refractivity contribution in [2.45, 2.75) is 6.42 Å². The van der Waals surface area contributed by atoms with Gasteiger partial charge in [-0.15, -0.1) is 0 Å². The van der Waals surface area contributed by atoms with Crippen LogP contribution in [0.1, 0.15) is 15.9 Å². The molecule has 2 heterocycles. The van der Waals surface area contributed by atoms with E-state index in [1.807, 2.05) is 42.5 Å². The molecule has 3 N–H and O–H groups in total. The van der Waals surface area contributed by atoms with Gasteiger partial charge in [-0.05, 0) is 24.1 Å². The lowest BCUT2D eigenvalue weighted by Crippen LogP contribution is -2.29. The number of aromatic nitrogens is 1. The quantitative estimate of drug-likeness (QED) is 0.672. The van der Waals surface area contributed by atoms with Crippen LogP contribution < -0.4 is 10.6 Å². The molecule has 1 amide bonds. The van der Waals surface area contributed by atoms with Gasteiger partial charge in [0.05, 0.1) is 16.9 Å². The molecule has 2 aromatic carbocycles. The first-order valence-corrected chi connectivity index (χ1v) is 7.01. The summed E-state index contributed by atoms with van der Waals surface area (Å²) in [5, 5.41) is 0.949. The first-order chi connectivity index (χ1) is 10.3. The molecule has 1 aromatic heterocycles. The van der Waals surface area contributed by atoms with Crippen molar-refractivity contribution in [2.24, 2.45) is 0 Å². The molecule has 0 saturated carbocycles. The number of amides is 1. The van der Waals surface area contributed by atoms with Gasteiger partial charge in [0.1, 0.15) is 0 Å². The summed E-state index contributed by atoms with van der Waals surface area (Å²) in [6.45, 7) is 0.682. The molecule has 4 rings (SSSR count). The van der Waals surface area contributed by atoms with E-state index in [-0.39, 0.29) is 5.91 Å². The highest BCUT2D eigenvalue weighted by Gasteiger charge is 2.28. The lowest BCUT2D eigenvalue weighted by molar-refractivity contribution is 0.0991. The Kier molecular flexibility index (Phi) is 2.51.